The summed E-state index contributed by atoms with van der Waals surface area (Å²) >= 11 is 5.64. The van der Waals surface area contributed by atoms with Gasteiger partial charge in [-0.05, 0) is 42.3 Å². The molecule has 3 rings (SSSR count). The van der Waals surface area contributed by atoms with Crippen molar-refractivity contribution in [2.24, 2.45) is 0 Å². The summed E-state index contributed by atoms with van der Waals surface area (Å²) in [4.78, 5) is 11.3. The van der Waals surface area contributed by atoms with E-state index in [1.807, 2.05) is 0 Å². The molecule has 0 bridgehead atoms. The van der Waals surface area contributed by atoms with Crippen LogP contribution in [0.25, 0.3) is 0 Å². The molecule has 5 nitrogen and oxygen atoms in total. The van der Waals surface area contributed by atoms with Crippen molar-refractivity contribution in [3.8, 4) is 17.5 Å². The fraction of sp³-hybridized carbons (Fsp3) is 0.167. The molecule has 2 heterocycles. The summed E-state index contributed by atoms with van der Waals surface area (Å²) in [5.74, 6) is -1.29. The molecule has 0 N–H and O–H groups in total. The van der Waals surface area contributed by atoms with Crippen LogP contribution in [0.3, 0.4) is 0 Å². The zero-order valence-electron chi connectivity index (χ0n) is 14.3. The van der Waals surface area contributed by atoms with Crippen molar-refractivity contribution in [2.45, 2.75) is 19.7 Å². The second-order valence-corrected chi connectivity index (χ2v) is 6.00. The molecule has 0 amide bonds. The van der Waals surface area contributed by atoms with Gasteiger partial charge in [0.2, 0.25) is 11.2 Å². The Kier molecular flexibility index (Phi) is 5.64. The summed E-state index contributed by atoms with van der Waals surface area (Å²) in [7, 11) is 0. The average molecular weight is 414 g/mol. The van der Waals surface area contributed by atoms with Gasteiger partial charge in [-0.25, -0.2) is 14.4 Å². The SMILES string of the molecule is Cc1ccc(Oc2ncc(COc3ccnc(Cl)n3)cc2F)cc1C(F)(F)F. The summed E-state index contributed by atoms with van der Waals surface area (Å²) in [6.45, 7) is 1.27. The second-order valence-electron chi connectivity index (χ2n) is 5.66. The van der Waals surface area contributed by atoms with Crippen LogP contribution in [0.15, 0.2) is 42.7 Å². The molecule has 1 aromatic carbocycles. The second kappa shape index (κ2) is 7.97. The molecule has 3 aromatic rings. The van der Waals surface area contributed by atoms with Gasteiger partial charge < -0.3 is 9.47 Å². The molecule has 28 heavy (non-hydrogen) atoms. The predicted octanol–water partition coefficient (Wildman–Crippen LogP) is 5.36. The lowest BCUT2D eigenvalue weighted by Gasteiger charge is -2.13. The van der Waals surface area contributed by atoms with Crippen molar-refractivity contribution in [3.05, 3.63) is 70.5 Å². The van der Waals surface area contributed by atoms with Crippen LogP contribution in [-0.4, -0.2) is 15.0 Å². The third-order valence-electron chi connectivity index (χ3n) is 3.58. The first-order chi connectivity index (χ1) is 13.2. The van der Waals surface area contributed by atoms with Gasteiger partial charge in [-0.1, -0.05) is 6.07 Å². The van der Waals surface area contributed by atoms with Crippen LogP contribution in [-0.2, 0) is 12.8 Å². The number of alkyl halides is 3. The van der Waals surface area contributed by atoms with E-state index < -0.39 is 23.4 Å². The van der Waals surface area contributed by atoms with Gasteiger partial charge in [-0.2, -0.15) is 18.2 Å². The molecule has 10 heteroatoms. The summed E-state index contributed by atoms with van der Waals surface area (Å²) in [6.07, 6.45) is -1.86. The van der Waals surface area contributed by atoms with E-state index in [2.05, 4.69) is 15.0 Å². The zero-order valence-corrected chi connectivity index (χ0v) is 15.1. The number of aryl methyl sites for hydroxylation is 1. The van der Waals surface area contributed by atoms with E-state index in [0.717, 1.165) is 12.1 Å². The number of hydrogen-bond donors (Lipinski definition) is 0. The largest absolute Gasteiger partial charge is 0.473 e. The maximum absolute atomic E-state index is 14.2. The molecule has 2 aromatic heterocycles. The maximum Gasteiger partial charge on any atom is 0.416 e. The van der Waals surface area contributed by atoms with Gasteiger partial charge in [0, 0.05) is 24.0 Å². The minimum Gasteiger partial charge on any atom is -0.473 e. The zero-order chi connectivity index (χ0) is 20.3. The number of nitrogens with zero attached hydrogens (tertiary/aromatic N) is 3. The lowest BCUT2D eigenvalue weighted by molar-refractivity contribution is -0.138. The first kappa shape index (κ1) is 19.8. The molecular weight excluding hydrogens is 402 g/mol. The van der Waals surface area contributed by atoms with Crippen LogP contribution >= 0.6 is 11.6 Å². The molecule has 0 spiro atoms. The van der Waals surface area contributed by atoms with E-state index >= 15 is 0 Å². The highest BCUT2D eigenvalue weighted by Crippen LogP contribution is 2.35. The molecule has 0 fully saturated rings. The van der Waals surface area contributed by atoms with Crippen molar-refractivity contribution in [2.75, 3.05) is 0 Å². The van der Waals surface area contributed by atoms with E-state index in [-0.39, 0.29) is 29.1 Å². The molecular formula is C18H12ClF4N3O2. The Morgan fingerprint density at radius 3 is 2.57 bits per heavy atom. The Labute approximate surface area is 161 Å². The van der Waals surface area contributed by atoms with Gasteiger partial charge in [-0.15, -0.1) is 0 Å². The average Bonchev–Trinajstić information content (AvgIpc) is 2.62. The van der Waals surface area contributed by atoms with Crippen LogP contribution < -0.4 is 9.47 Å². The van der Waals surface area contributed by atoms with Gasteiger partial charge >= 0.3 is 6.18 Å². The minimum absolute atomic E-state index is 0.00174. The molecule has 0 aliphatic heterocycles. The lowest BCUT2D eigenvalue weighted by Crippen LogP contribution is -2.07. The monoisotopic (exact) mass is 413 g/mol. The van der Waals surface area contributed by atoms with Crippen LogP contribution in [0, 0.1) is 12.7 Å². The highest BCUT2D eigenvalue weighted by molar-refractivity contribution is 6.28. The van der Waals surface area contributed by atoms with Gasteiger partial charge in [0.25, 0.3) is 5.88 Å². The predicted molar refractivity (Wildman–Crippen MR) is 91.8 cm³/mol. The molecule has 0 aliphatic rings. The third kappa shape index (κ3) is 4.86. The molecule has 0 atom stereocenters. The normalized spacial score (nSPS) is 11.4. The lowest BCUT2D eigenvalue weighted by atomic mass is 10.1. The van der Waals surface area contributed by atoms with Crippen molar-refractivity contribution in [1.29, 1.82) is 0 Å². The highest BCUT2D eigenvalue weighted by Gasteiger charge is 2.32. The first-order valence-corrected chi connectivity index (χ1v) is 8.21. The van der Waals surface area contributed by atoms with Gasteiger partial charge in [0.15, 0.2) is 5.82 Å². The Morgan fingerprint density at radius 2 is 1.89 bits per heavy atom. The summed E-state index contributed by atoms with van der Waals surface area (Å²) in [6, 6.07) is 5.92. The molecule has 0 saturated heterocycles. The van der Waals surface area contributed by atoms with Crippen molar-refractivity contribution in [1.82, 2.24) is 15.0 Å². The highest BCUT2D eigenvalue weighted by atomic mass is 35.5. The van der Waals surface area contributed by atoms with Crippen molar-refractivity contribution >= 4 is 11.6 Å². The van der Waals surface area contributed by atoms with Gasteiger partial charge in [0.05, 0.1) is 5.56 Å². The number of aromatic nitrogens is 3. The molecule has 0 radical (unpaired) electrons. The molecule has 0 aliphatic carbocycles. The van der Waals surface area contributed by atoms with Crippen molar-refractivity contribution < 1.29 is 27.0 Å². The van der Waals surface area contributed by atoms with E-state index in [9.17, 15) is 17.6 Å². The van der Waals surface area contributed by atoms with Crippen LogP contribution in [0.2, 0.25) is 5.28 Å². The Morgan fingerprint density at radius 1 is 1.11 bits per heavy atom. The quantitative estimate of drug-likeness (QED) is 0.416. The smallest absolute Gasteiger partial charge is 0.416 e. The van der Waals surface area contributed by atoms with Gasteiger partial charge in [-0.3, -0.25) is 0 Å². The fourth-order valence-electron chi connectivity index (χ4n) is 2.26. The van der Waals surface area contributed by atoms with Gasteiger partial charge in [0.1, 0.15) is 12.4 Å². The standard InChI is InChI=1S/C18H12ClF4N3O2/c1-10-2-3-12(7-13(10)18(21,22)23)28-16-14(20)6-11(8-25-16)9-27-15-4-5-24-17(19)26-15/h2-8H,9H2,1H3. The number of rotatable bonds is 5. The number of benzene rings is 1. The number of ether oxygens (including phenoxy) is 2. The van der Waals surface area contributed by atoms with E-state index in [0.29, 0.717) is 5.56 Å². The Balaban J connectivity index is 1.72. The minimum atomic E-state index is -4.54. The first-order valence-electron chi connectivity index (χ1n) is 7.84. The Hall–Kier alpha value is -2.94. The number of hydrogen-bond acceptors (Lipinski definition) is 5. The summed E-state index contributed by atoms with van der Waals surface area (Å²) in [5, 5.41) is 0.00174. The maximum atomic E-state index is 14.2. The van der Waals surface area contributed by atoms with E-state index in [1.165, 1.54) is 37.5 Å². The van der Waals surface area contributed by atoms with Crippen LogP contribution in [0.4, 0.5) is 17.6 Å². The molecule has 0 unspecified atom stereocenters. The summed E-state index contributed by atoms with van der Waals surface area (Å²) < 4.78 is 63.7. The third-order valence-corrected chi connectivity index (χ3v) is 3.76. The molecule has 0 saturated carbocycles. The Bertz CT molecular complexity index is 999. The van der Waals surface area contributed by atoms with Crippen LogP contribution in [0.1, 0.15) is 16.7 Å². The number of halogens is 5. The van der Waals surface area contributed by atoms with Crippen molar-refractivity contribution in [3.63, 3.8) is 0 Å². The summed E-state index contributed by atoms with van der Waals surface area (Å²) in [5.41, 5.74) is -0.469. The van der Waals surface area contributed by atoms with E-state index in [1.54, 1.807) is 0 Å². The topological polar surface area (TPSA) is 57.1 Å². The number of pyridine rings is 1. The van der Waals surface area contributed by atoms with E-state index in [4.69, 9.17) is 21.1 Å². The fourth-order valence-corrected chi connectivity index (χ4v) is 2.40. The van der Waals surface area contributed by atoms with Crippen LogP contribution in [0.5, 0.6) is 17.5 Å². The molecule has 146 valence electrons.